The predicted octanol–water partition coefficient (Wildman–Crippen LogP) is 4.99. The van der Waals surface area contributed by atoms with Gasteiger partial charge in [-0.15, -0.1) is 0 Å². The van der Waals surface area contributed by atoms with Crippen LogP contribution in [0.1, 0.15) is 36.8 Å². The van der Waals surface area contributed by atoms with Gasteiger partial charge in [-0.3, -0.25) is 9.69 Å². The smallest absolute Gasteiger partial charge is 0.416 e. The number of benzene rings is 2. The number of piperidine rings is 1. The maximum Gasteiger partial charge on any atom is 0.416 e. The molecule has 4 rings (SSSR count). The number of amides is 1. The van der Waals surface area contributed by atoms with Crippen LogP contribution in [0.4, 0.5) is 32.0 Å². The molecule has 214 valence electrons. The molecule has 7 nitrogen and oxygen atoms in total. The Bertz CT molecular complexity index is 1300. The molecule has 2 fully saturated rings. The first-order valence-electron chi connectivity index (χ1n) is 12.2. The van der Waals surface area contributed by atoms with Crippen molar-refractivity contribution in [3.05, 3.63) is 53.6 Å². The molecule has 0 unspecified atom stereocenters. The Kier molecular flexibility index (Phi) is 8.20. The van der Waals surface area contributed by atoms with Crippen LogP contribution in [0.2, 0.25) is 0 Å². The number of carbonyl (C=O) groups excluding carboxylic acids is 1. The highest BCUT2D eigenvalue weighted by Crippen LogP contribution is 2.38. The molecule has 14 heteroatoms. The molecule has 1 saturated carbocycles. The Morgan fingerprint density at radius 1 is 0.949 bits per heavy atom. The predicted molar refractivity (Wildman–Crippen MR) is 130 cm³/mol. The summed E-state index contributed by atoms with van der Waals surface area (Å²) in [6.07, 6.45) is -7.38. The van der Waals surface area contributed by atoms with Gasteiger partial charge in [-0.2, -0.15) is 30.6 Å². The number of nitrogens with one attached hydrogen (secondary N) is 1. The van der Waals surface area contributed by atoms with Crippen molar-refractivity contribution in [1.82, 2.24) is 9.21 Å². The number of anilines is 1. The molecule has 1 aliphatic carbocycles. The van der Waals surface area contributed by atoms with Gasteiger partial charge in [-0.1, -0.05) is 6.07 Å². The van der Waals surface area contributed by atoms with Crippen molar-refractivity contribution >= 4 is 21.6 Å². The standard InChI is InChI=1S/C25H27F6N3O4S/c1-38-22-8-5-17(25(29,30)31)14-21(22)32-23(35)15-33-11-9-19(10-12-33)34(18-6-7-18)39(36,37)20-4-2-3-16(13-20)24(26,27)28/h2-5,8,13-14,18-19H,6-7,9-12,15H2,1H3,(H,32,35). The van der Waals surface area contributed by atoms with E-state index in [0.717, 1.165) is 36.4 Å². The van der Waals surface area contributed by atoms with E-state index in [0.29, 0.717) is 44.8 Å². The Labute approximate surface area is 221 Å². The van der Waals surface area contributed by atoms with Crippen LogP contribution in [0.5, 0.6) is 5.75 Å². The van der Waals surface area contributed by atoms with Crippen LogP contribution in [0.15, 0.2) is 47.4 Å². The lowest BCUT2D eigenvalue weighted by Crippen LogP contribution is -2.49. The Morgan fingerprint density at radius 3 is 2.10 bits per heavy atom. The lowest BCUT2D eigenvalue weighted by Gasteiger charge is -2.37. The van der Waals surface area contributed by atoms with Crippen LogP contribution in [0.3, 0.4) is 0 Å². The van der Waals surface area contributed by atoms with Crippen molar-refractivity contribution in [3.63, 3.8) is 0 Å². The number of nitrogens with zero attached hydrogens (tertiary/aromatic N) is 2. The molecule has 1 N–H and O–H groups in total. The van der Waals surface area contributed by atoms with Crippen LogP contribution >= 0.6 is 0 Å². The van der Waals surface area contributed by atoms with Crippen molar-refractivity contribution < 1.29 is 44.3 Å². The molecule has 0 radical (unpaired) electrons. The third-order valence-electron chi connectivity index (χ3n) is 6.73. The van der Waals surface area contributed by atoms with Gasteiger partial charge in [0.05, 0.1) is 35.4 Å². The van der Waals surface area contributed by atoms with E-state index in [1.54, 1.807) is 4.90 Å². The SMILES string of the molecule is COc1ccc(C(F)(F)F)cc1NC(=O)CN1CCC(N(C2CC2)S(=O)(=O)c2cccc(C(F)(F)F)c2)CC1. The Morgan fingerprint density at radius 2 is 1.54 bits per heavy atom. The van der Waals surface area contributed by atoms with Gasteiger partial charge in [0.1, 0.15) is 5.75 Å². The van der Waals surface area contributed by atoms with Gasteiger partial charge in [-0.25, -0.2) is 8.42 Å². The number of rotatable bonds is 8. The van der Waals surface area contributed by atoms with Crippen molar-refractivity contribution in [2.45, 2.75) is 55.0 Å². The van der Waals surface area contributed by atoms with Crippen LogP contribution in [-0.4, -0.2) is 62.4 Å². The van der Waals surface area contributed by atoms with E-state index in [9.17, 15) is 39.6 Å². The van der Waals surface area contributed by atoms with Gasteiger partial charge in [0.2, 0.25) is 15.9 Å². The quantitative estimate of drug-likeness (QED) is 0.446. The highest BCUT2D eigenvalue weighted by Gasteiger charge is 2.44. The van der Waals surface area contributed by atoms with Gasteiger partial charge < -0.3 is 10.1 Å². The minimum atomic E-state index is -4.68. The van der Waals surface area contributed by atoms with E-state index in [1.165, 1.54) is 11.4 Å². The van der Waals surface area contributed by atoms with Gasteiger partial charge in [0, 0.05) is 25.2 Å². The molecule has 39 heavy (non-hydrogen) atoms. The number of sulfonamides is 1. The van der Waals surface area contributed by atoms with Crippen LogP contribution in [-0.2, 0) is 27.2 Å². The number of alkyl halides is 6. The van der Waals surface area contributed by atoms with Gasteiger partial charge in [-0.05, 0) is 62.1 Å². The zero-order valence-corrected chi connectivity index (χ0v) is 21.7. The molecule has 0 bridgehead atoms. The molecule has 2 aromatic carbocycles. The first kappa shape index (κ1) is 29.2. The summed E-state index contributed by atoms with van der Waals surface area (Å²) in [4.78, 5) is 13.9. The molecule has 1 saturated heterocycles. The fourth-order valence-corrected chi connectivity index (χ4v) is 6.66. The van der Waals surface area contributed by atoms with Crippen molar-refractivity contribution in [1.29, 1.82) is 0 Å². The molecule has 1 aliphatic heterocycles. The summed E-state index contributed by atoms with van der Waals surface area (Å²) >= 11 is 0. The van der Waals surface area contributed by atoms with E-state index >= 15 is 0 Å². The second-order valence-electron chi connectivity index (χ2n) is 9.56. The highest BCUT2D eigenvalue weighted by molar-refractivity contribution is 7.89. The monoisotopic (exact) mass is 579 g/mol. The maximum absolute atomic E-state index is 13.4. The van der Waals surface area contributed by atoms with E-state index in [-0.39, 0.29) is 24.0 Å². The van der Waals surface area contributed by atoms with E-state index in [2.05, 4.69) is 5.32 Å². The number of ether oxygens (including phenoxy) is 1. The van der Waals surface area contributed by atoms with Crippen molar-refractivity contribution in [3.8, 4) is 5.75 Å². The van der Waals surface area contributed by atoms with Crippen molar-refractivity contribution in [2.75, 3.05) is 32.1 Å². The molecule has 0 aromatic heterocycles. The normalized spacial score (nSPS) is 17.8. The average Bonchev–Trinajstić information content (AvgIpc) is 3.69. The summed E-state index contributed by atoms with van der Waals surface area (Å²) in [5, 5.41) is 2.44. The average molecular weight is 580 g/mol. The minimum Gasteiger partial charge on any atom is -0.495 e. The summed E-state index contributed by atoms with van der Waals surface area (Å²) in [7, 11) is -2.93. The molecule has 0 atom stereocenters. The number of hydrogen-bond acceptors (Lipinski definition) is 5. The number of halogens is 6. The third kappa shape index (κ3) is 6.84. The fourth-order valence-electron chi connectivity index (χ4n) is 4.68. The largest absolute Gasteiger partial charge is 0.495 e. The second kappa shape index (κ2) is 11.0. The van der Waals surface area contributed by atoms with E-state index in [1.807, 2.05) is 0 Å². The lowest BCUT2D eigenvalue weighted by molar-refractivity contribution is -0.138. The number of methoxy groups -OCH3 is 1. The minimum absolute atomic E-state index is 0.0648. The highest BCUT2D eigenvalue weighted by atomic mass is 32.2. The molecule has 1 heterocycles. The molecule has 2 aromatic rings. The molecule has 2 aliphatic rings. The Hall–Kier alpha value is -2.84. The van der Waals surface area contributed by atoms with E-state index in [4.69, 9.17) is 4.74 Å². The van der Waals surface area contributed by atoms with Gasteiger partial charge >= 0.3 is 12.4 Å². The first-order valence-corrected chi connectivity index (χ1v) is 13.6. The second-order valence-corrected chi connectivity index (χ2v) is 11.4. The Balaban J connectivity index is 1.41. The first-order chi connectivity index (χ1) is 18.2. The zero-order valence-electron chi connectivity index (χ0n) is 20.8. The lowest BCUT2D eigenvalue weighted by atomic mass is 10.0. The van der Waals surface area contributed by atoms with Gasteiger partial charge in [0.25, 0.3) is 0 Å². The van der Waals surface area contributed by atoms with E-state index < -0.39 is 50.3 Å². The van der Waals surface area contributed by atoms with Gasteiger partial charge in [0.15, 0.2) is 0 Å². The van der Waals surface area contributed by atoms with Crippen molar-refractivity contribution in [2.24, 2.45) is 0 Å². The summed E-state index contributed by atoms with van der Waals surface area (Å²) in [5.41, 5.74) is -2.11. The molecular formula is C25H27F6N3O4S. The number of likely N-dealkylation sites (tertiary alicyclic amines) is 1. The summed E-state index contributed by atoms with van der Waals surface area (Å²) in [6.45, 7) is 0.494. The third-order valence-corrected chi connectivity index (χ3v) is 8.73. The molecule has 0 spiro atoms. The molecule has 1 amide bonds. The zero-order chi connectivity index (χ0) is 28.6. The van der Waals surface area contributed by atoms with Crippen LogP contribution in [0.25, 0.3) is 0 Å². The summed E-state index contributed by atoms with van der Waals surface area (Å²) in [6, 6.07) is 5.68. The maximum atomic E-state index is 13.4. The van der Waals surface area contributed by atoms with Crippen LogP contribution < -0.4 is 10.1 Å². The fraction of sp³-hybridized carbons (Fsp3) is 0.480. The summed E-state index contributed by atoms with van der Waals surface area (Å²) in [5.74, 6) is -0.503. The summed E-state index contributed by atoms with van der Waals surface area (Å²) < 4.78 is 112. The number of carbonyl (C=O) groups is 1. The van der Waals surface area contributed by atoms with Crippen LogP contribution in [0, 0.1) is 0 Å². The molecular weight excluding hydrogens is 552 g/mol. The topological polar surface area (TPSA) is 79.0 Å². The number of hydrogen-bond donors (Lipinski definition) is 1.